The van der Waals surface area contributed by atoms with Gasteiger partial charge in [-0.2, -0.15) is 0 Å². The Morgan fingerprint density at radius 3 is 2.93 bits per heavy atom. The maximum Gasteiger partial charge on any atom is 0.198 e. The summed E-state index contributed by atoms with van der Waals surface area (Å²) in [6.07, 6.45) is 5.83. The van der Waals surface area contributed by atoms with Gasteiger partial charge in [-0.15, -0.1) is 0 Å². The highest BCUT2D eigenvalue weighted by Gasteiger charge is 2.06. The summed E-state index contributed by atoms with van der Waals surface area (Å²) in [5, 5.41) is 0. The van der Waals surface area contributed by atoms with Crippen LogP contribution in [-0.4, -0.2) is 22.1 Å². The van der Waals surface area contributed by atoms with E-state index in [1.807, 2.05) is 12.1 Å². The molecule has 0 aliphatic carbocycles. The molecule has 0 spiro atoms. The van der Waals surface area contributed by atoms with E-state index in [9.17, 15) is 0 Å². The lowest BCUT2D eigenvalue weighted by molar-refractivity contribution is 0.414. The molecule has 2 aromatic heterocycles. The second-order valence-corrected chi connectivity index (χ2v) is 2.60. The Balaban J connectivity index is 2.51. The van der Waals surface area contributed by atoms with Gasteiger partial charge in [0.25, 0.3) is 0 Å². The molecule has 0 aromatic carbocycles. The van der Waals surface area contributed by atoms with Crippen LogP contribution in [0, 0.1) is 6.33 Å². The van der Waals surface area contributed by atoms with Crippen molar-refractivity contribution in [1.29, 1.82) is 0 Å². The fourth-order valence-corrected chi connectivity index (χ4v) is 1.14. The quantitative estimate of drug-likeness (QED) is 0.710. The van der Waals surface area contributed by atoms with E-state index in [-0.39, 0.29) is 0 Å². The summed E-state index contributed by atoms with van der Waals surface area (Å²) in [6.45, 7) is 0. The summed E-state index contributed by atoms with van der Waals surface area (Å²) in [5.41, 5.74) is 1.41. The van der Waals surface area contributed by atoms with Gasteiger partial charge in [-0.05, 0) is 18.2 Å². The Morgan fingerprint density at radius 1 is 1.29 bits per heavy atom. The van der Waals surface area contributed by atoms with E-state index in [1.165, 1.54) is 0 Å². The first-order chi connectivity index (χ1) is 6.92. The molecular weight excluding hydrogens is 178 g/mol. The minimum absolute atomic E-state index is 0.694. The van der Waals surface area contributed by atoms with Gasteiger partial charge in [-0.1, -0.05) is 0 Å². The molecule has 2 rings (SSSR count). The van der Waals surface area contributed by atoms with Gasteiger partial charge >= 0.3 is 0 Å². The molecule has 14 heavy (non-hydrogen) atoms. The van der Waals surface area contributed by atoms with Crippen molar-refractivity contribution >= 4 is 0 Å². The van der Waals surface area contributed by atoms with Crippen LogP contribution in [0.3, 0.4) is 0 Å². The zero-order valence-corrected chi connectivity index (χ0v) is 7.64. The van der Waals surface area contributed by atoms with E-state index in [2.05, 4.69) is 21.3 Å². The summed E-state index contributed by atoms with van der Waals surface area (Å²) in [4.78, 5) is 11.9. The number of ether oxygens (including phenoxy) is 1. The summed E-state index contributed by atoms with van der Waals surface area (Å²) in [5.74, 6) is 0.694. The third-order valence-corrected chi connectivity index (χ3v) is 1.77. The lowest BCUT2D eigenvalue weighted by atomic mass is 10.2. The van der Waals surface area contributed by atoms with Crippen molar-refractivity contribution in [2.45, 2.75) is 0 Å². The van der Waals surface area contributed by atoms with Gasteiger partial charge in [0.1, 0.15) is 11.4 Å². The van der Waals surface area contributed by atoms with Crippen LogP contribution in [0.2, 0.25) is 0 Å². The minimum Gasteiger partial charge on any atom is -0.494 e. The minimum atomic E-state index is 0.694. The molecule has 0 saturated heterocycles. The standard InChI is InChI=1S/C10H8N3O/c1-14-9-3-2-5-12-10(9)8-4-6-11-7-13-8/h2-6H,1H3. The Morgan fingerprint density at radius 2 is 2.21 bits per heavy atom. The number of hydrogen-bond donors (Lipinski definition) is 0. The van der Waals surface area contributed by atoms with Gasteiger partial charge < -0.3 is 4.74 Å². The van der Waals surface area contributed by atoms with Crippen LogP contribution in [0.5, 0.6) is 5.75 Å². The fourth-order valence-electron chi connectivity index (χ4n) is 1.14. The van der Waals surface area contributed by atoms with Crippen LogP contribution in [0.25, 0.3) is 11.4 Å². The van der Waals surface area contributed by atoms with Crippen LogP contribution >= 0.6 is 0 Å². The first-order valence-corrected chi connectivity index (χ1v) is 4.10. The molecule has 0 saturated carbocycles. The van der Waals surface area contributed by atoms with E-state index in [4.69, 9.17) is 4.74 Å². The van der Waals surface area contributed by atoms with Crippen molar-refractivity contribution < 1.29 is 4.74 Å². The molecule has 69 valence electrons. The van der Waals surface area contributed by atoms with Crippen molar-refractivity contribution in [1.82, 2.24) is 15.0 Å². The first-order valence-electron chi connectivity index (χ1n) is 4.10. The average Bonchev–Trinajstić information content (AvgIpc) is 2.30. The lowest BCUT2D eigenvalue weighted by Gasteiger charge is -2.04. The predicted octanol–water partition coefficient (Wildman–Crippen LogP) is 1.35. The summed E-state index contributed by atoms with van der Waals surface area (Å²) < 4.78 is 5.16. The van der Waals surface area contributed by atoms with E-state index in [0.717, 1.165) is 0 Å². The van der Waals surface area contributed by atoms with Gasteiger partial charge in [0.15, 0.2) is 6.33 Å². The number of rotatable bonds is 2. The van der Waals surface area contributed by atoms with E-state index >= 15 is 0 Å². The molecule has 0 bridgehead atoms. The predicted molar refractivity (Wildman–Crippen MR) is 50.7 cm³/mol. The van der Waals surface area contributed by atoms with Crippen LogP contribution in [0.4, 0.5) is 0 Å². The molecule has 0 aliphatic rings. The van der Waals surface area contributed by atoms with Crippen LogP contribution in [-0.2, 0) is 0 Å². The largest absolute Gasteiger partial charge is 0.494 e. The molecule has 0 aliphatic heterocycles. The second kappa shape index (κ2) is 3.83. The maximum absolute atomic E-state index is 5.16. The van der Waals surface area contributed by atoms with E-state index < -0.39 is 0 Å². The van der Waals surface area contributed by atoms with Crippen molar-refractivity contribution in [3.8, 4) is 17.1 Å². The Bertz CT molecular complexity index is 417. The molecule has 0 unspecified atom stereocenters. The smallest absolute Gasteiger partial charge is 0.198 e. The van der Waals surface area contributed by atoms with Gasteiger partial charge in [0, 0.05) is 12.4 Å². The first kappa shape index (κ1) is 8.62. The second-order valence-electron chi connectivity index (χ2n) is 2.60. The van der Waals surface area contributed by atoms with E-state index in [1.54, 1.807) is 25.6 Å². The zero-order valence-electron chi connectivity index (χ0n) is 7.64. The SMILES string of the molecule is COc1cccnc1-c1ccn[c]n1. The number of methoxy groups -OCH3 is 1. The van der Waals surface area contributed by atoms with Crippen molar-refractivity contribution in [2.75, 3.05) is 7.11 Å². The molecule has 1 radical (unpaired) electrons. The highest BCUT2D eigenvalue weighted by atomic mass is 16.5. The van der Waals surface area contributed by atoms with Gasteiger partial charge in [0.2, 0.25) is 0 Å². The zero-order chi connectivity index (χ0) is 9.80. The Hall–Kier alpha value is -1.97. The van der Waals surface area contributed by atoms with Gasteiger partial charge in [0.05, 0.1) is 12.8 Å². The monoisotopic (exact) mass is 186 g/mol. The Kier molecular flexibility index (Phi) is 2.36. The van der Waals surface area contributed by atoms with Gasteiger partial charge in [-0.25, -0.2) is 9.97 Å². The van der Waals surface area contributed by atoms with Crippen LogP contribution in [0.15, 0.2) is 30.6 Å². The lowest BCUT2D eigenvalue weighted by Crippen LogP contribution is -1.92. The van der Waals surface area contributed by atoms with Crippen molar-refractivity contribution in [3.05, 3.63) is 36.9 Å². The normalized spacial score (nSPS) is 9.79. The number of nitrogens with zero attached hydrogens (tertiary/aromatic N) is 3. The molecular formula is C10H8N3O. The summed E-state index contributed by atoms with van der Waals surface area (Å²) >= 11 is 0. The molecule has 4 heteroatoms. The molecule has 0 atom stereocenters. The van der Waals surface area contributed by atoms with Crippen molar-refractivity contribution in [3.63, 3.8) is 0 Å². The summed E-state index contributed by atoms with van der Waals surface area (Å²) in [7, 11) is 1.60. The highest BCUT2D eigenvalue weighted by molar-refractivity contribution is 5.61. The third-order valence-electron chi connectivity index (χ3n) is 1.77. The topological polar surface area (TPSA) is 47.9 Å². The van der Waals surface area contributed by atoms with Gasteiger partial charge in [-0.3, -0.25) is 4.98 Å². The Labute approximate surface area is 81.6 Å². The number of pyridine rings is 1. The van der Waals surface area contributed by atoms with Crippen LogP contribution < -0.4 is 4.74 Å². The van der Waals surface area contributed by atoms with Crippen molar-refractivity contribution in [2.24, 2.45) is 0 Å². The third kappa shape index (κ3) is 1.54. The molecule has 2 aromatic rings. The number of aromatic nitrogens is 3. The van der Waals surface area contributed by atoms with E-state index in [0.29, 0.717) is 17.1 Å². The average molecular weight is 186 g/mol. The molecule has 0 N–H and O–H groups in total. The fraction of sp³-hybridized carbons (Fsp3) is 0.100. The highest BCUT2D eigenvalue weighted by Crippen LogP contribution is 2.24. The molecule has 2 heterocycles. The van der Waals surface area contributed by atoms with Crippen LogP contribution in [0.1, 0.15) is 0 Å². The maximum atomic E-state index is 5.16. The molecule has 4 nitrogen and oxygen atoms in total. The number of hydrogen-bond acceptors (Lipinski definition) is 4. The molecule has 0 amide bonds. The molecule has 0 fully saturated rings. The summed E-state index contributed by atoms with van der Waals surface area (Å²) in [6, 6.07) is 5.42.